The number of fused-ring (bicyclic) bond motifs is 2. The zero-order valence-electron chi connectivity index (χ0n) is 7.21. The standard InChI is InChI=1S/C8H13NO.Li/c1-9-6-2-3-7(9)5-8(10)4-6;/h4,6-7,10H,2-3,5H2,1H3;/q;+1/p-1/t6-,7+;/m0./s1. The molecule has 2 bridgehead atoms. The van der Waals surface area contributed by atoms with Gasteiger partial charge >= 0.3 is 18.9 Å². The Morgan fingerprint density at radius 1 is 1.55 bits per heavy atom. The maximum atomic E-state index is 11.0. The Hall–Kier alpha value is 0.0974. The molecular formula is C8H12LiNO. The minimum absolute atomic E-state index is 0. The molecule has 3 heteroatoms. The quantitative estimate of drug-likeness (QED) is 0.342. The molecule has 2 rings (SSSR count). The van der Waals surface area contributed by atoms with Crippen LogP contribution in [0.5, 0.6) is 0 Å². The molecule has 0 radical (unpaired) electrons. The van der Waals surface area contributed by atoms with E-state index in [0.717, 1.165) is 6.42 Å². The van der Waals surface area contributed by atoms with Gasteiger partial charge in [0.15, 0.2) is 0 Å². The minimum Gasteiger partial charge on any atom is -0.876 e. The molecule has 0 aromatic heterocycles. The van der Waals surface area contributed by atoms with E-state index in [-0.39, 0.29) is 18.9 Å². The molecule has 1 fully saturated rings. The van der Waals surface area contributed by atoms with Crippen LogP contribution in [0, 0.1) is 0 Å². The molecule has 2 nitrogen and oxygen atoms in total. The van der Waals surface area contributed by atoms with Crippen molar-refractivity contribution < 1.29 is 24.0 Å². The average Bonchev–Trinajstić information content (AvgIpc) is 2.20. The summed E-state index contributed by atoms with van der Waals surface area (Å²) in [6.45, 7) is 0. The van der Waals surface area contributed by atoms with Crippen molar-refractivity contribution in [2.24, 2.45) is 0 Å². The van der Waals surface area contributed by atoms with Crippen LogP contribution in [-0.2, 0) is 0 Å². The van der Waals surface area contributed by atoms with E-state index in [9.17, 15) is 5.11 Å². The number of nitrogens with zero attached hydrogens (tertiary/aromatic N) is 1. The molecule has 2 aliphatic heterocycles. The molecule has 0 unspecified atom stereocenters. The van der Waals surface area contributed by atoms with E-state index in [0.29, 0.717) is 17.8 Å². The van der Waals surface area contributed by atoms with Gasteiger partial charge in [-0.1, -0.05) is 6.08 Å². The summed E-state index contributed by atoms with van der Waals surface area (Å²) in [5.74, 6) is 0.352. The zero-order valence-corrected chi connectivity index (χ0v) is 7.21. The van der Waals surface area contributed by atoms with E-state index < -0.39 is 0 Å². The first-order valence-electron chi connectivity index (χ1n) is 3.87. The Balaban J connectivity index is 0.000000605. The summed E-state index contributed by atoms with van der Waals surface area (Å²) in [4.78, 5) is 2.32. The van der Waals surface area contributed by atoms with Crippen molar-refractivity contribution in [3.8, 4) is 0 Å². The first kappa shape index (κ1) is 9.19. The van der Waals surface area contributed by atoms with Gasteiger partial charge in [0.2, 0.25) is 0 Å². The summed E-state index contributed by atoms with van der Waals surface area (Å²) < 4.78 is 0. The first-order valence-corrected chi connectivity index (χ1v) is 3.87. The predicted octanol–water partition coefficient (Wildman–Crippen LogP) is -2.90. The molecule has 0 aliphatic carbocycles. The van der Waals surface area contributed by atoms with E-state index in [2.05, 4.69) is 11.9 Å². The summed E-state index contributed by atoms with van der Waals surface area (Å²) in [7, 11) is 2.12. The molecule has 11 heavy (non-hydrogen) atoms. The third kappa shape index (κ3) is 1.49. The van der Waals surface area contributed by atoms with E-state index in [1.165, 1.54) is 12.8 Å². The molecular weight excluding hydrogens is 133 g/mol. The van der Waals surface area contributed by atoms with Crippen molar-refractivity contribution in [3.05, 3.63) is 11.8 Å². The van der Waals surface area contributed by atoms with Crippen LogP contribution in [0.25, 0.3) is 0 Å². The van der Waals surface area contributed by atoms with Crippen molar-refractivity contribution in [3.63, 3.8) is 0 Å². The van der Waals surface area contributed by atoms with E-state index in [1.54, 1.807) is 0 Å². The van der Waals surface area contributed by atoms with Crippen LogP contribution < -0.4 is 24.0 Å². The van der Waals surface area contributed by atoms with Crippen molar-refractivity contribution >= 4 is 0 Å². The summed E-state index contributed by atoms with van der Waals surface area (Å²) in [5, 5.41) is 11.0. The van der Waals surface area contributed by atoms with Crippen molar-refractivity contribution in [2.45, 2.75) is 31.3 Å². The van der Waals surface area contributed by atoms with Crippen molar-refractivity contribution in [1.82, 2.24) is 4.90 Å². The minimum atomic E-state index is 0. The van der Waals surface area contributed by atoms with Gasteiger partial charge in [0, 0.05) is 12.1 Å². The molecule has 56 valence electrons. The first-order chi connectivity index (χ1) is 4.77. The second-order valence-electron chi connectivity index (χ2n) is 3.30. The van der Waals surface area contributed by atoms with Crippen LogP contribution in [0.2, 0.25) is 0 Å². The maximum absolute atomic E-state index is 11.0. The van der Waals surface area contributed by atoms with Gasteiger partial charge in [0.05, 0.1) is 0 Å². The third-order valence-electron chi connectivity index (χ3n) is 2.71. The Kier molecular flexibility index (Phi) is 2.69. The molecule has 2 atom stereocenters. The monoisotopic (exact) mass is 145 g/mol. The number of likely N-dealkylation sites (N-methyl/N-ethyl adjacent to an activating group) is 1. The van der Waals surface area contributed by atoms with Gasteiger partial charge in [-0.3, -0.25) is 4.90 Å². The van der Waals surface area contributed by atoms with Gasteiger partial charge in [-0.2, -0.15) is 0 Å². The smallest absolute Gasteiger partial charge is 0.876 e. The SMILES string of the molecule is CN1[C@@H]2CC[C@H]1C=C([O-])C2.[Li+]. The Bertz CT molecular complexity index is 181. The predicted molar refractivity (Wildman–Crippen MR) is 37.3 cm³/mol. The fourth-order valence-corrected chi connectivity index (χ4v) is 2.00. The Morgan fingerprint density at radius 3 is 2.91 bits per heavy atom. The Morgan fingerprint density at radius 2 is 2.27 bits per heavy atom. The molecule has 0 saturated carbocycles. The number of hydrogen-bond acceptors (Lipinski definition) is 2. The van der Waals surface area contributed by atoms with E-state index in [1.807, 2.05) is 6.08 Å². The van der Waals surface area contributed by atoms with Gasteiger partial charge in [-0.25, -0.2) is 0 Å². The molecule has 0 amide bonds. The number of rotatable bonds is 0. The zero-order chi connectivity index (χ0) is 7.14. The van der Waals surface area contributed by atoms with Crippen molar-refractivity contribution in [1.29, 1.82) is 0 Å². The molecule has 2 aliphatic rings. The van der Waals surface area contributed by atoms with Crippen LogP contribution in [0.3, 0.4) is 0 Å². The van der Waals surface area contributed by atoms with E-state index in [4.69, 9.17) is 0 Å². The average molecular weight is 145 g/mol. The van der Waals surface area contributed by atoms with Gasteiger partial charge < -0.3 is 5.11 Å². The second-order valence-corrected chi connectivity index (χ2v) is 3.30. The third-order valence-corrected chi connectivity index (χ3v) is 2.71. The summed E-state index contributed by atoms with van der Waals surface area (Å²) in [6.07, 6.45) is 5.03. The van der Waals surface area contributed by atoms with Crippen LogP contribution in [0.15, 0.2) is 11.8 Å². The molecule has 0 aromatic rings. The fraction of sp³-hybridized carbons (Fsp3) is 0.750. The van der Waals surface area contributed by atoms with Crippen LogP contribution in [0.4, 0.5) is 0 Å². The molecule has 1 saturated heterocycles. The van der Waals surface area contributed by atoms with Gasteiger partial charge in [-0.05, 0) is 26.3 Å². The van der Waals surface area contributed by atoms with Crippen molar-refractivity contribution in [2.75, 3.05) is 7.05 Å². The summed E-state index contributed by atoms with van der Waals surface area (Å²) in [6, 6.07) is 1.02. The second kappa shape index (κ2) is 3.23. The van der Waals surface area contributed by atoms with Crippen LogP contribution >= 0.6 is 0 Å². The largest absolute Gasteiger partial charge is 1.00 e. The molecule has 0 N–H and O–H groups in total. The summed E-state index contributed by atoms with van der Waals surface area (Å²) >= 11 is 0. The van der Waals surface area contributed by atoms with Crippen LogP contribution in [0.1, 0.15) is 19.3 Å². The topological polar surface area (TPSA) is 26.3 Å². The molecule has 0 spiro atoms. The summed E-state index contributed by atoms with van der Waals surface area (Å²) in [5.41, 5.74) is 0. The van der Waals surface area contributed by atoms with E-state index >= 15 is 0 Å². The maximum Gasteiger partial charge on any atom is 1.00 e. The number of hydrogen-bond donors (Lipinski definition) is 0. The molecule has 2 heterocycles. The van der Waals surface area contributed by atoms with Crippen LogP contribution in [-0.4, -0.2) is 24.0 Å². The normalized spacial score (nSPS) is 36.3. The Labute approximate surface area is 79.4 Å². The van der Waals surface area contributed by atoms with Gasteiger partial charge in [-0.15, -0.1) is 5.76 Å². The van der Waals surface area contributed by atoms with Gasteiger partial charge in [0.1, 0.15) is 0 Å². The fourth-order valence-electron chi connectivity index (χ4n) is 2.00. The van der Waals surface area contributed by atoms with Gasteiger partial charge in [0.25, 0.3) is 0 Å². The molecule has 0 aromatic carbocycles.